The van der Waals surface area contributed by atoms with Crippen LogP contribution in [0.5, 0.6) is 0 Å². The Hall–Kier alpha value is -1.93. The quantitative estimate of drug-likeness (QED) is 0.734. The summed E-state index contributed by atoms with van der Waals surface area (Å²) in [7, 11) is -3.23. The van der Waals surface area contributed by atoms with E-state index in [1.807, 2.05) is 28.8 Å². The molecule has 1 N–H and O–H groups in total. The molecule has 2 aromatic heterocycles. The van der Waals surface area contributed by atoms with Gasteiger partial charge in [0.25, 0.3) is 5.91 Å². The number of sulfonamides is 1. The van der Waals surface area contributed by atoms with Crippen molar-refractivity contribution < 1.29 is 13.2 Å². The van der Waals surface area contributed by atoms with E-state index in [0.29, 0.717) is 25.3 Å². The summed E-state index contributed by atoms with van der Waals surface area (Å²) in [4.78, 5) is 17.3. The average molecular weight is 393 g/mol. The number of nitrogens with one attached hydrogen (secondary N) is 1. The number of carbonyl (C=O) groups excluding carboxylic acids is 1. The molecule has 148 valence electrons. The maximum absolute atomic E-state index is 12.6. The standard InChI is InChI=1S/C19H28N4O3S/c1-3-4-6-11-20-19(24)17-16-10-5-7-13-23(16)18(21-17)15-9-8-12-22(14-15)27(2,25)26/h5,7,10,13,15H,3-4,6,8-9,11-12,14H2,1-2H3,(H,20,24)/t15-/m1/s1. The van der Waals surface area contributed by atoms with Gasteiger partial charge in [-0.2, -0.15) is 0 Å². The predicted molar refractivity (Wildman–Crippen MR) is 105 cm³/mol. The minimum Gasteiger partial charge on any atom is -0.351 e. The van der Waals surface area contributed by atoms with Crippen LogP contribution in [0, 0.1) is 0 Å². The summed E-state index contributed by atoms with van der Waals surface area (Å²) in [6, 6.07) is 5.67. The second-order valence-electron chi connectivity index (χ2n) is 7.20. The summed E-state index contributed by atoms with van der Waals surface area (Å²) in [6.45, 7) is 3.72. The third-order valence-corrected chi connectivity index (χ3v) is 6.34. The molecule has 0 spiro atoms. The first-order chi connectivity index (χ1) is 12.9. The van der Waals surface area contributed by atoms with Crippen LogP contribution in [0.25, 0.3) is 5.52 Å². The van der Waals surface area contributed by atoms with Gasteiger partial charge in [-0.3, -0.25) is 4.79 Å². The van der Waals surface area contributed by atoms with Crippen LogP contribution in [0.1, 0.15) is 61.3 Å². The highest BCUT2D eigenvalue weighted by atomic mass is 32.2. The summed E-state index contributed by atoms with van der Waals surface area (Å²) < 4.78 is 27.3. The maximum atomic E-state index is 12.6. The Bertz CT molecular complexity index is 907. The topological polar surface area (TPSA) is 83.8 Å². The van der Waals surface area contributed by atoms with Gasteiger partial charge < -0.3 is 9.72 Å². The summed E-state index contributed by atoms with van der Waals surface area (Å²) in [5.74, 6) is 0.569. The Balaban J connectivity index is 1.87. The van der Waals surface area contributed by atoms with Crippen molar-refractivity contribution in [3.05, 3.63) is 35.9 Å². The van der Waals surface area contributed by atoms with Crippen LogP contribution in [0.2, 0.25) is 0 Å². The molecule has 2 aromatic rings. The first kappa shape index (κ1) is 19.8. The van der Waals surface area contributed by atoms with Crippen LogP contribution in [0.3, 0.4) is 0 Å². The number of hydrogen-bond acceptors (Lipinski definition) is 4. The fraction of sp³-hybridized carbons (Fsp3) is 0.579. The molecule has 8 heteroatoms. The third-order valence-electron chi connectivity index (χ3n) is 5.07. The van der Waals surface area contributed by atoms with Crippen LogP contribution in [0.4, 0.5) is 0 Å². The van der Waals surface area contributed by atoms with E-state index in [9.17, 15) is 13.2 Å². The number of pyridine rings is 1. The molecule has 1 fully saturated rings. The van der Waals surface area contributed by atoms with Crippen LogP contribution < -0.4 is 5.32 Å². The first-order valence-corrected chi connectivity index (χ1v) is 11.5. The number of amides is 1. The summed E-state index contributed by atoms with van der Waals surface area (Å²) in [5, 5.41) is 2.95. The monoisotopic (exact) mass is 392 g/mol. The largest absolute Gasteiger partial charge is 0.351 e. The van der Waals surface area contributed by atoms with Crippen molar-refractivity contribution in [1.29, 1.82) is 0 Å². The first-order valence-electron chi connectivity index (χ1n) is 9.62. The van der Waals surface area contributed by atoms with Gasteiger partial charge in [0.15, 0.2) is 5.69 Å². The summed E-state index contributed by atoms with van der Waals surface area (Å²) in [6.07, 6.45) is 7.92. The summed E-state index contributed by atoms with van der Waals surface area (Å²) in [5.41, 5.74) is 1.18. The van der Waals surface area contributed by atoms with Gasteiger partial charge in [-0.25, -0.2) is 17.7 Å². The molecule has 3 heterocycles. The minimum absolute atomic E-state index is 0.0231. The highest BCUT2D eigenvalue weighted by molar-refractivity contribution is 7.88. The van der Waals surface area contributed by atoms with Gasteiger partial charge in [0.1, 0.15) is 5.82 Å². The minimum atomic E-state index is -3.23. The lowest BCUT2D eigenvalue weighted by atomic mass is 9.99. The average Bonchev–Trinajstić information content (AvgIpc) is 3.04. The molecule has 27 heavy (non-hydrogen) atoms. The van der Waals surface area contributed by atoms with Gasteiger partial charge in [-0.1, -0.05) is 25.8 Å². The van der Waals surface area contributed by atoms with Gasteiger partial charge in [-0.15, -0.1) is 0 Å². The number of nitrogens with zero attached hydrogens (tertiary/aromatic N) is 3. The lowest BCUT2D eigenvalue weighted by Crippen LogP contribution is -2.38. The zero-order valence-electron chi connectivity index (χ0n) is 16.0. The van der Waals surface area contributed by atoms with E-state index in [2.05, 4.69) is 17.2 Å². The maximum Gasteiger partial charge on any atom is 0.272 e. The molecule has 0 aromatic carbocycles. The molecule has 0 aliphatic carbocycles. The van der Waals surface area contributed by atoms with Crippen molar-refractivity contribution in [2.45, 2.75) is 44.9 Å². The molecule has 1 aliphatic rings. The number of hydrogen-bond donors (Lipinski definition) is 1. The number of unbranched alkanes of at least 4 members (excludes halogenated alkanes) is 2. The van der Waals surface area contributed by atoms with Crippen molar-refractivity contribution in [3.8, 4) is 0 Å². The fourth-order valence-corrected chi connectivity index (χ4v) is 4.54. The molecule has 1 amide bonds. The number of rotatable bonds is 7. The van der Waals surface area contributed by atoms with Crippen LogP contribution in [0.15, 0.2) is 24.4 Å². The molecule has 1 atom stereocenters. The molecular formula is C19H28N4O3S. The van der Waals surface area contributed by atoms with Crippen molar-refractivity contribution in [2.75, 3.05) is 25.9 Å². The number of aromatic nitrogens is 2. The van der Waals surface area contributed by atoms with Crippen LogP contribution >= 0.6 is 0 Å². The van der Waals surface area contributed by atoms with E-state index in [4.69, 9.17) is 0 Å². The highest BCUT2D eigenvalue weighted by Crippen LogP contribution is 2.29. The van der Waals surface area contributed by atoms with Crippen LogP contribution in [-0.2, 0) is 10.0 Å². The molecule has 0 unspecified atom stereocenters. The summed E-state index contributed by atoms with van der Waals surface area (Å²) >= 11 is 0. The van der Waals surface area contributed by atoms with Crippen LogP contribution in [-0.4, -0.2) is 53.9 Å². The SMILES string of the molecule is CCCCCNC(=O)c1nc([C@@H]2CCCN(S(C)(=O)=O)C2)n2ccccc12. The van der Waals surface area contributed by atoms with Crippen molar-refractivity contribution >= 4 is 21.4 Å². The lowest BCUT2D eigenvalue weighted by Gasteiger charge is -2.30. The Labute approximate surface area is 160 Å². The van der Waals surface area contributed by atoms with Gasteiger partial charge in [0.05, 0.1) is 11.8 Å². The Morgan fingerprint density at radius 1 is 1.33 bits per heavy atom. The van der Waals surface area contributed by atoms with E-state index in [1.165, 1.54) is 10.6 Å². The van der Waals surface area contributed by atoms with E-state index in [-0.39, 0.29) is 11.8 Å². The van der Waals surface area contributed by atoms with E-state index < -0.39 is 10.0 Å². The Kier molecular flexibility index (Phi) is 6.16. The molecule has 3 rings (SSSR count). The molecule has 1 saturated heterocycles. The number of piperidine rings is 1. The zero-order valence-corrected chi connectivity index (χ0v) is 16.8. The molecule has 1 aliphatic heterocycles. The van der Waals surface area contributed by atoms with Gasteiger partial charge in [-0.05, 0) is 31.4 Å². The number of imidazole rings is 1. The Morgan fingerprint density at radius 2 is 2.15 bits per heavy atom. The second kappa shape index (κ2) is 8.39. The smallest absolute Gasteiger partial charge is 0.272 e. The number of fused-ring (bicyclic) bond motifs is 1. The highest BCUT2D eigenvalue weighted by Gasteiger charge is 2.30. The molecule has 7 nitrogen and oxygen atoms in total. The van der Waals surface area contributed by atoms with Gasteiger partial charge in [0.2, 0.25) is 10.0 Å². The Morgan fingerprint density at radius 3 is 2.89 bits per heavy atom. The molecule has 0 bridgehead atoms. The van der Waals surface area contributed by atoms with Crippen molar-refractivity contribution in [2.24, 2.45) is 0 Å². The van der Waals surface area contributed by atoms with E-state index >= 15 is 0 Å². The molecule has 0 saturated carbocycles. The zero-order chi connectivity index (χ0) is 19.4. The lowest BCUT2D eigenvalue weighted by molar-refractivity contribution is 0.0950. The van der Waals surface area contributed by atoms with Gasteiger partial charge in [0, 0.05) is 31.7 Å². The fourth-order valence-electron chi connectivity index (χ4n) is 3.63. The van der Waals surface area contributed by atoms with Crippen molar-refractivity contribution in [3.63, 3.8) is 0 Å². The van der Waals surface area contributed by atoms with E-state index in [0.717, 1.165) is 43.4 Å². The van der Waals surface area contributed by atoms with E-state index in [1.54, 1.807) is 0 Å². The number of carbonyl (C=O) groups is 1. The normalized spacial score (nSPS) is 18.7. The van der Waals surface area contributed by atoms with Crippen molar-refractivity contribution in [1.82, 2.24) is 19.0 Å². The third kappa shape index (κ3) is 4.50. The molecular weight excluding hydrogens is 364 g/mol. The second-order valence-corrected chi connectivity index (χ2v) is 9.18. The van der Waals surface area contributed by atoms with Gasteiger partial charge >= 0.3 is 0 Å². The predicted octanol–water partition coefficient (Wildman–Crippen LogP) is 2.39. The molecule has 0 radical (unpaired) electrons.